The first-order valence-electron chi connectivity index (χ1n) is 6.07. The van der Waals surface area contributed by atoms with Gasteiger partial charge in [-0.05, 0) is 38.0 Å². The summed E-state index contributed by atoms with van der Waals surface area (Å²) in [4.78, 5) is 11.1. The lowest BCUT2D eigenvalue weighted by molar-refractivity contribution is 0.00299. The first-order chi connectivity index (χ1) is 8.60. The third-order valence-corrected chi connectivity index (χ3v) is 3.44. The normalized spacial score (nSPS) is 22.3. The van der Waals surface area contributed by atoms with Gasteiger partial charge in [-0.15, -0.1) is 0 Å². The molecule has 5 heteroatoms. The Hall–Kier alpha value is -1.26. The Labute approximate surface area is 111 Å². The van der Waals surface area contributed by atoms with Crippen molar-refractivity contribution in [1.82, 2.24) is 0 Å². The lowest BCUT2D eigenvalue weighted by Gasteiger charge is -2.36. The quantitative estimate of drug-likeness (QED) is 0.862. The van der Waals surface area contributed by atoms with Crippen LogP contribution in [0.1, 0.15) is 30.1 Å². The Bertz CT molecular complexity index is 445. The molecule has 18 heavy (non-hydrogen) atoms. The van der Waals surface area contributed by atoms with Crippen molar-refractivity contribution in [2.24, 2.45) is 5.73 Å². The molecule has 1 aliphatic carbocycles. The maximum atomic E-state index is 11.1. The first-order valence-corrected chi connectivity index (χ1v) is 6.45. The highest BCUT2D eigenvalue weighted by molar-refractivity contribution is 6.33. The highest BCUT2D eigenvalue weighted by atomic mass is 35.5. The van der Waals surface area contributed by atoms with Crippen molar-refractivity contribution in [3.8, 4) is 0 Å². The van der Waals surface area contributed by atoms with Gasteiger partial charge in [0.1, 0.15) is 0 Å². The zero-order valence-electron chi connectivity index (χ0n) is 10.3. The molecule has 4 nitrogen and oxygen atoms in total. The second-order valence-corrected chi connectivity index (χ2v) is 4.86. The van der Waals surface area contributed by atoms with Crippen LogP contribution in [0.3, 0.4) is 0 Å². The Morgan fingerprint density at radius 3 is 2.89 bits per heavy atom. The number of halogens is 1. The number of nitrogens with two attached hydrogens (primary N) is 1. The van der Waals surface area contributed by atoms with Crippen LogP contribution >= 0.6 is 11.6 Å². The van der Waals surface area contributed by atoms with Crippen molar-refractivity contribution in [2.45, 2.75) is 31.9 Å². The van der Waals surface area contributed by atoms with Crippen molar-refractivity contribution in [1.29, 1.82) is 0 Å². The highest BCUT2D eigenvalue weighted by Gasteiger charge is 2.29. The number of rotatable bonds is 5. The predicted molar refractivity (Wildman–Crippen MR) is 72.0 cm³/mol. The second kappa shape index (κ2) is 5.59. The molecule has 0 atom stereocenters. The van der Waals surface area contributed by atoms with Crippen LogP contribution in [-0.4, -0.2) is 24.7 Å². The SMILES string of the molecule is CCOC1CC(Nc2cc(C(N)=O)ccc2Cl)C1. The predicted octanol–water partition coefficient (Wildman–Crippen LogP) is 2.42. The molecule has 98 valence electrons. The summed E-state index contributed by atoms with van der Waals surface area (Å²) < 4.78 is 5.49. The molecular formula is C13H17ClN2O2. The van der Waals surface area contributed by atoms with E-state index in [1.54, 1.807) is 18.2 Å². The van der Waals surface area contributed by atoms with E-state index in [2.05, 4.69) is 5.32 Å². The van der Waals surface area contributed by atoms with E-state index in [0.717, 1.165) is 25.1 Å². The van der Waals surface area contributed by atoms with Gasteiger partial charge in [0.05, 0.1) is 16.8 Å². The van der Waals surface area contributed by atoms with Gasteiger partial charge in [-0.3, -0.25) is 4.79 Å². The van der Waals surface area contributed by atoms with E-state index < -0.39 is 5.91 Å². The van der Waals surface area contributed by atoms with E-state index in [1.807, 2.05) is 6.92 Å². The number of hydrogen-bond acceptors (Lipinski definition) is 3. The van der Waals surface area contributed by atoms with E-state index in [4.69, 9.17) is 22.1 Å². The van der Waals surface area contributed by atoms with Crippen LogP contribution in [0.25, 0.3) is 0 Å². The van der Waals surface area contributed by atoms with E-state index in [-0.39, 0.29) is 0 Å². The molecule has 0 aliphatic heterocycles. The zero-order valence-corrected chi connectivity index (χ0v) is 11.0. The summed E-state index contributed by atoms with van der Waals surface area (Å²) in [5, 5.41) is 3.91. The van der Waals surface area contributed by atoms with Gasteiger partial charge in [0, 0.05) is 18.2 Å². The molecule has 0 unspecified atom stereocenters. The first kappa shape index (κ1) is 13.2. The number of carbonyl (C=O) groups is 1. The number of anilines is 1. The molecule has 1 aromatic rings. The fourth-order valence-corrected chi connectivity index (χ4v) is 2.24. The minimum atomic E-state index is -0.449. The number of primary amides is 1. The van der Waals surface area contributed by atoms with Crippen molar-refractivity contribution in [2.75, 3.05) is 11.9 Å². The summed E-state index contributed by atoms with van der Waals surface area (Å²) in [6, 6.07) is 5.35. The van der Waals surface area contributed by atoms with E-state index >= 15 is 0 Å². The van der Waals surface area contributed by atoms with Gasteiger partial charge in [-0.1, -0.05) is 11.6 Å². The number of nitrogens with one attached hydrogen (secondary N) is 1. The van der Waals surface area contributed by atoms with E-state index in [0.29, 0.717) is 22.7 Å². The summed E-state index contributed by atoms with van der Waals surface area (Å²) in [6.07, 6.45) is 2.27. The summed E-state index contributed by atoms with van der Waals surface area (Å²) >= 11 is 6.08. The molecule has 1 fully saturated rings. The van der Waals surface area contributed by atoms with Crippen molar-refractivity contribution >= 4 is 23.2 Å². The largest absolute Gasteiger partial charge is 0.381 e. The van der Waals surface area contributed by atoms with Gasteiger partial charge in [0.15, 0.2) is 0 Å². The Kier molecular flexibility index (Phi) is 4.09. The van der Waals surface area contributed by atoms with Gasteiger partial charge >= 0.3 is 0 Å². The molecule has 0 bridgehead atoms. The number of amides is 1. The minimum absolute atomic E-state index is 0.339. The van der Waals surface area contributed by atoms with Gasteiger partial charge in [0.2, 0.25) is 5.91 Å². The van der Waals surface area contributed by atoms with Crippen molar-refractivity contribution in [3.63, 3.8) is 0 Å². The summed E-state index contributed by atoms with van der Waals surface area (Å²) in [5.74, 6) is -0.449. The molecule has 0 radical (unpaired) electrons. The van der Waals surface area contributed by atoms with Crippen LogP contribution in [0.2, 0.25) is 5.02 Å². The Morgan fingerprint density at radius 2 is 2.28 bits per heavy atom. The lowest BCUT2D eigenvalue weighted by Crippen LogP contribution is -2.40. The maximum absolute atomic E-state index is 11.1. The highest BCUT2D eigenvalue weighted by Crippen LogP contribution is 2.30. The van der Waals surface area contributed by atoms with Gasteiger partial charge in [-0.2, -0.15) is 0 Å². The number of carbonyl (C=O) groups excluding carboxylic acids is 1. The molecule has 0 spiro atoms. The molecule has 2 rings (SSSR count). The number of benzene rings is 1. The fraction of sp³-hybridized carbons (Fsp3) is 0.462. The molecule has 0 saturated heterocycles. The van der Waals surface area contributed by atoms with Crippen LogP contribution in [-0.2, 0) is 4.74 Å². The second-order valence-electron chi connectivity index (χ2n) is 4.45. The number of ether oxygens (including phenoxy) is 1. The third-order valence-electron chi connectivity index (χ3n) is 3.11. The molecule has 0 aromatic heterocycles. The van der Waals surface area contributed by atoms with Gasteiger partial charge < -0.3 is 15.8 Å². The topological polar surface area (TPSA) is 64.3 Å². The average molecular weight is 269 g/mol. The van der Waals surface area contributed by atoms with Crippen LogP contribution in [0.4, 0.5) is 5.69 Å². The minimum Gasteiger partial charge on any atom is -0.381 e. The standard InChI is InChI=1S/C13H17ClN2O2/c1-2-18-10-6-9(7-10)16-12-5-8(13(15)17)3-4-11(12)14/h3-5,9-10,16H,2,6-7H2,1H3,(H2,15,17). The molecule has 1 aliphatic rings. The summed E-state index contributed by atoms with van der Waals surface area (Å²) in [5.41, 5.74) is 6.46. The van der Waals surface area contributed by atoms with Crippen molar-refractivity contribution < 1.29 is 9.53 Å². The van der Waals surface area contributed by atoms with Gasteiger partial charge in [0.25, 0.3) is 0 Å². The number of hydrogen-bond donors (Lipinski definition) is 2. The fourth-order valence-electron chi connectivity index (χ4n) is 2.06. The van der Waals surface area contributed by atoms with Crippen LogP contribution in [0.15, 0.2) is 18.2 Å². The molecule has 1 saturated carbocycles. The molecule has 1 amide bonds. The molecule has 1 aromatic carbocycles. The average Bonchev–Trinajstić information content (AvgIpc) is 2.28. The monoisotopic (exact) mass is 268 g/mol. The maximum Gasteiger partial charge on any atom is 0.248 e. The van der Waals surface area contributed by atoms with Crippen LogP contribution < -0.4 is 11.1 Å². The third kappa shape index (κ3) is 2.94. The Balaban J connectivity index is 1.97. The molecular weight excluding hydrogens is 252 g/mol. The molecule has 3 N–H and O–H groups in total. The van der Waals surface area contributed by atoms with Crippen LogP contribution in [0.5, 0.6) is 0 Å². The van der Waals surface area contributed by atoms with E-state index in [1.165, 1.54) is 0 Å². The van der Waals surface area contributed by atoms with E-state index in [9.17, 15) is 4.79 Å². The summed E-state index contributed by atoms with van der Waals surface area (Å²) in [7, 11) is 0. The van der Waals surface area contributed by atoms with Crippen LogP contribution in [0, 0.1) is 0 Å². The zero-order chi connectivity index (χ0) is 13.1. The van der Waals surface area contributed by atoms with Gasteiger partial charge in [-0.25, -0.2) is 0 Å². The lowest BCUT2D eigenvalue weighted by atomic mass is 9.89. The molecule has 0 heterocycles. The van der Waals surface area contributed by atoms with Crippen molar-refractivity contribution in [3.05, 3.63) is 28.8 Å². The smallest absolute Gasteiger partial charge is 0.248 e. The summed E-state index contributed by atoms with van der Waals surface area (Å²) in [6.45, 7) is 2.74. The Morgan fingerprint density at radius 1 is 1.56 bits per heavy atom.